The van der Waals surface area contributed by atoms with Crippen molar-refractivity contribution >= 4 is 17.4 Å². The molecule has 0 atom stereocenters. The number of anilines is 2. The Morgan fingerprint density at radius 1 is 1.07 bits per heavy atom. The molecule has 1 saturated heterocycles. The van der Waals surface area contributed by atoms with Crippen molar-refractivity contribution < 1.29 is 4.79 Å². The lowest BCUT2D eigenvalue weighted by atomic mass is 10.2. The highest BCUT2D eigenvalue weighted by atomic mass is 16.2. The van der Waals surface area contributed by atoms with Crippen LogP contribution in [0.1, 0.15) is 43.3 Å². The summed E-state index contributed by atoms with van der Waals surface area (Å²) in [4.78, 5) is 28.8. The van der Waals surface area contributed by atoms with Gasteiger partial charge in [-0.25, -0.2) is 9.97 Å². The zero-order valence-electron chi connectivity index (χ0n) is 17.8. The summed E-state index contributed by atoms with van der Waals surface area (Å²) in [5.41, 5.74) is 3.41. The van der Waals surface area contributed by atoms with E-state index >= 15 is 0 Å². The van der Waals surface area contributed by atoms with Crippen LogP contribution in [0.15, 0.2) is 30.3 Å². The number of hydrogen-bond acceptors (Lipinski definition) is 5. The first-order chi connectivity index (χ1) is 14.0. The number of para-hydroxylation sites is 1. The number of nitrogens with zero attached hydrogens (tertiary/aromatic N) is 5. The van der Waals surface area contributed by atoms with Gasteiger partial charge in [-0.05, 0) is 25.0 Å². The van der Waals surface area contributed by atoms with Crippen molar-refractivity contribution in [2.24, 2.45) is 0 Å². The predicted molar refractivity (Wildman–Crippen MR) is 117 cm³/mol. The third-order valence-corrected chi connectivity index (χ3v) is 5.90. The van der Waals surface area contributed by atoms with E-state index in [-0.39, 0.29) is 5.91 Å². The number of fused-ring (bicyclic) bond motifs is 1. The number of hydrogen-bond donors (Lipinski definition) is 0. The molecule has 0 bridgehead atoms. The molecule has 1 aromatic carbocycles. The number of carbonyl (C=O) groups excluding carboxylic acids is 1. The summed E-state index contributed by atoms with van der Waals surface area (Å²) in [6, 6.07) is 10.3. The second kappa shape index (κ2) is 8.49. The third kappa shape index (κ3) is 4.42. The Hall–Kier alpha value is -2.47. The van der Waals surface area contributed by atoms with Crippen molar-refractivity contribution in [1.29, 1.82) is 0 Å². The molecular weight excluding hydrogens is 362 g/mol. The molecule has 2 aliphatic heterocycles. The fraction of sp³-hybridized carbons (Fsp3) is 0.522. The first kappa shape index (κ1) is 19.8. The maximum atomic E-state index is 12.7. The summed E-state index contributed by atoms with van der Waals surface area (Å²) in [5, 5.41) is 0. The van der Waals surface area contributed by atoms with Gasteiger partial charge in [0.25, 0.3) is 0 Å². The molecule has 0 unspecified atom stereocenters. The van der Waals surface area contributed by atoms with Gasteiger partial charge < -0.3 is 9.80 Å². The van der Waals surface area contributed by atoms with E-state index in [9.17, 15) is 4.79 Å². The lowest BCUT2D eigenvalue weighted by molar-refractivity contribution is -0.118. The van der Waals surface area contributed by atoms with Crippen LogP contribution in [0.5, 0.6) is 0 Å². The predicted octanol–water partition coefficient (Wildman–Crippen LogP) is 3.01. The lowest BCUT2D eigenvalue weighted by Crippen LogP contribution is -2.47. The van der Waals surface area contributed by atoms with Gasteiger partial charge in [0.1, 0.15) is 11.6 Å². The number of aryl methyl sites for hydroxylation is 1. The minimum absolute atomic E-state index is 0.241. The molecule has 2 aromatic rings. The van der Waals surface area contributed by atoms with E-state index in [4.69, 9.17) is 4.98 Å². The minimum Gasteiger partial charge on any atom is -0.354 e. The molecule has 29 heavy (non-hydrogen) atoms. The Labute approximate surface area is 173 Å². The highest BCUT2D eigenvalue weighted by molar-refractivity contribution is 5.95. The molecule has 2 aliphatic rings. The molecule has 154 valence electrons. The minimum atomic E-state index is 0.241. The summed E-state index contributed by atoms with van der Waals surface area (Å²) in [6.07, 6.45) is 1.55. The van der Waals surface area contributed by atoms with Crippen molar-refractivity contribution in [1.82, 2.24) is 14.9 Å². The number of benzene rings is 1. The van der Waals surface area contributed by atoms with E-state index in [1.54, 1.807) is 0 Å². The molecule has 0 spiro atoms. The first-order valence-electron chi connectivity index (χ1n) is 10.7. The van der Waals surface area contributed by atoms with Gasteiger partial charge in [0.05, 0.1) is 0 Å². The van der Waals surface area contributed by atoms with Gasteiger partial charge in [-0.2, -0.15) is 0 Å². The maximum Gasteiger partial charge on any atom is 0.228 e. The Kier molecular flexibility index (Phi) is 5.81. The van der Waals surface area contributed by atoms with Gasteiger partial charge in [-0.15, -0.1) is 0 Å². The van der Waals surface area contributed by atoms with Crippen LogP contribution in [-0.4, -0.2) is 60.0 Å². The number of amides is 1. The molecule has 1 fully saturated rings. The highest BCUT2D eigenvalue weighted by Gasteiger charge is 2.25. The Morgan fingerprint density at radius 3 is 2.59 bits per heavy atom. The van der Waals surface area contributed by atoms with Crippen LogP contribution in [0, 0.1) is 6.92 Å². The summed E-state index contributed by atoms with van der Waals surface area (Å²) in [6.45, 7) is 11.7. The van der Waals surface area contributed by atoms with Gasteiger partial charge in [0, 0.05) is 69.1 Å². The van der Waals surface area contributed by atoms with Crippen LogP contribution >= 0.6 is 0 Å². The monoisotopic (exact) mass is 393 g/mol. The first-order valence-corrected chi connectivity index (χ1v) is 10.7. The van der Waals surface area contributed by atoms with Crippen LogP contribution in [0.25, 0.3) is 0 Å². The Balaban J connectivity index is 1.29. The van der Waals surface area contributed by atoms with E-state index in [1.165, 1.54) is 5.56 Å². The molecule has 6 heteroatoms. The Morgan fingerprint density at radius 2 is 1.83 bits per heavy atom. The average molecular weight is 394 g/mol. The fourth-order valence-corrected chi connectivity index (χ4v) is 4.18. The SMILES string of the molecule is Cc1cc(N2CCN(CCC(=O)N3CCc4ccccc43)CC2)nc(C(C)C)n1. The van der Waals surface area contributed by atoms with Gasteiger partial charge in [0.2, 0.25) is 5.91 Å². The lowest BCUT2D eigenvalue weighted by Gasteiger charge is -2.35. The van der Waals surface area contributed by atoms with Crippen molar-refractivity contribution in [2.45, 2.75) is 39.5 Å². The normalized spacial score (nSPS) is 17.1. The van der Waals surface area contributed by atoms with E-state index < -0.39 is 0 Å². The summed E-state index contributed by atoms with van der Waals surface area (Å²) < 4.78 is 0. The molecule has 6 nitrogen and oxygen atoms in total. The quantitative estimate of drug-likeness (QED) is 0.782. The molecular formula is C23H31N5O. The molecule has 4 rings (SSSR count). The van der Waals surface area contributed by atoms with Crippen molar-refractivity contribution in [2.75, 3.05) is 49.1 Å². The smallest absolute Gasteiger partial charge is 0.228 e. The van der Waals surface area contributed by atoms with Crippen molar-refractivity contribution in [3.8, 4) is 0 Å². The van der Waals surface area contributed by atoms with Crippen LogP contribution in [-0.2, 0) is 11.2 Å². The molecule has 0 radical (unpaired) electrons. The van der Waals surface area contributed by atoms with Gasteiger partial charge >= 0.3 is 0 Å². The Bertz CT molecular complexity index is 873. The van der Waals surface area contributed by atoms with Crippen molar-refractivity contribution in [3.05, 3.63) is 47.4 Å². The molecule has 1 amide bonds. The van der Waals surface area contributed by atoms with E-state index in [1.807, 2.05) is 17.9 Å². The standard InChI is InChI=1S/C23H31N5O/c1-17(2)23-24-18(3)16-21(25-23)27-14-12-26(13-15-27)10-9-22(29)28-11-8-19-6-4-5-7-20(19)28/h4-7,16-17H,8-15H2,1-3H3. The van der Waals surface area contributed by atoms with E-state index in [0.717, 1.165) is 68.7 Å². The second-order valence-electron chi connectivity index (χ2n) is 8.38. The topological polar surface area (TPSA) is 52.6 Å². The number of aromatic nitrogens is 2. The average Bonchev–Trinajstić information content (AvgIpc) is 3.16. The highest BCUT2D eigenvalue weighted by Crippen LogP contribution is 2.28. The molecule has 0 saturated carbocycles. The zero-order valence-corrected chi connectivity index (χ0v) is 17.8. The van der Waals surface area contributed by atoms with Gasteiger partial charge in [0.15, 0.2) is 0 Å². The van der Waals surface area contributed by atoms with Crippen LogP contribution < -0.4 is 9.80 Å². The molecule has 0 aliphatic carbocycles. The van der Waals surface area contributed by atoms with Crippen LogP contribution in [0.3, 0.4) is 0 Å². The molecule has 3 heterocycles. The summed E-state index contributed by atoms with van der Waals surface area (Å²) in [5.74, 6) is 2.52. The van der Waals surface area contributed by atoms with Crippen LogP contribution in [0.2, 0.25) is 0 Å². The molecule has 0 N–H and O–H groups in total. The number of rotatable bonds is 5. The van der Waals surface area contributed by atoms with E-state index in [2.05, 4.69) is 52.9 Å². The summed E-state index contributed by atoms with van der Waals surface area (Å²) in [7, 11) is 0. The summed E-state index contributed by atoms with van der Waals surface area (Å²) >= 11 is 0. The number of piperazine rings is 1. The van der Waals surface area contributed by atoms with Crippen molar-refractivity contribution in [3.63, 3.8) is 0 Å². The fourth-order valence-electron chi connectivity index (χ4n) is 4.18. The third-order valence-electron chi connectivity index (χ3n) is 5.90. The van der Waals surface area contributed by atoms with Gasteiger partial charge in [-0.3, -0.25) is 9.69 Å². The van der Waals surface area contributed by atoms with Crippen LogP contribution in [0.4, 0.5) is 11.5 Å². The zero-order chi connectivity index (χ0) is 20.4. The van der Waals surface area contributed by atoms with E-state index in [0.29, 0.717) is 12.3 Å². The second-order valence-corrected chi connectivity index (χ2v) is 8.38. The van der Waals surface area contributed by atoms with Gasteiger partial charge in [-0.1, -0.05) is 32.0 Å². The maximum absolute atomic E-state index is 12.7. The largest absolute Gasteiger partial charge is 0.354 e. The molecule has 1 aromatic heterocycles. The number of carbonyl (C=O) groups is 1.